The molecule has 2 aromatic heterocycles. The Bertz CT molecular complexity index is 909. The van der Waals surface area contributed by atoms with E-state index in [0.717, 1.165) is 6.42 Å². The number of oxazole rings is 1. The van der Waals surface area contributed by atoms with E-state index in [-0.39, 0.29) is 24.2 Å². The number of rotatable bonds is 7. The highest BCUT2D eigenvalue weighted by Crippen LogP contribution is 2.28. The van der Waals surface area contributed by atoms with Gasteiger partial charge in [-0.1, -0.05) is 18.5 Å². The number of nitrogens with zero attached hydrogens (tertiary/aromatic N) is 2. The van der Waals surface area contributed by atoms with Crippen LogP contribution in [0.1, 0.15) is 31.7 Å². The fraction of sp³-hybridized carbons (Fsp3) is 0.263. The second kappa shape index (κ2) is 7.98. The number of hydrogen-bond donors (Lipinski definition) is 1. The summed E-state index contributed by atoms with van der Waals surface area (Å²) in [6.45, 7) is 4.30. The first-order chi connectivity index (χ1) is 12.6. The second-order valence-electron chi connectivity index (χ2n) is 5.77. The van der Waals surface area contributed by atoms with Gasteiger partial charge in [0, 0.05) is 11.1 Å². The van der Waals surface area contributed by atoms with Crippen molar-refractivity contribution in [3.8, 4) is 23.5 Å². The molecule has 1 N–H and O–H groups in total. The predicted molar refractivity (Wildman–Crippen MR) is 98.1 cm³/mol. The third kappa shape index (κ3) is 4.19. The van der Waals surface area contributed by atoms with E-state index in [0.29, 0.717) is 28.2 Å². The Labute approximate surface area is 156 Å². The topological polar surface area (TPSA) is 84.2 Å². The number of hydrogen-bond acceptors (Lipinski definition) is 6. The zero-order chi connectivity index (χ0) is 18.5. The Hall–Kier alpha value is -2.91. The highest BCUT2D eigenvalue weighted by molar-refractivity contribution is 6.30. The molecule has 26 heavy (non-hydrogen) atoms. The Kier molecular flexibility index (Phi) is 5.49. The van der Waals surface area contributed by atoms with Gasteiger partial charge in [-0.3, -0.25) is 0 Å². The van der Waals surface area contributed by atoms with Gasteiger partial charge >= 0.3 is 0 Å². The smallest absolute Gasteiger partial charge is 0.266 e. The van der Waals surface area contributed by atoms with Crippen LogP contribution in [0.25, 0.3) is 11.7 Å². The molecule has 0 amide bonds. The molecule has 0 bridgehead atoms. The monoisotopic (exact) mass is 371 g/mol. The van der Waals surface area contributed by atoms with Crippen molar-refractivity contribution in [1.82, 2.24) is 4.98 Å². The number of nitriles is 1. The third-order valence-electron chi connectivity index (χ3n) is 3.79. The summed E-state index contributed by atoms with van der Waals surface area (Å²) in [6.07, 6.45) is 0.897. The van der Waals surface area contributed by atoms with E-state index in [1.807, 2.05) is 19.9 Å². The van der Waals surface area contributed by atoms with Crippen LogP contribution in [-0.4, -0.2) is 11.0 Å². The molecule has 0 fully saturated rings. The van der Waals surface area contributed by atoms with Gasteiger partial charge in [0.25, 0.3) is 5.89 Å². The van der Waals surface area contributed by atoms with Crippen molar-refractivity contribution in [2.45, 2.75) is 32.9 Å². The molecular formula is C19H18ClN3O3. The molecule has 7 heteroatoms. The summed E-state index contributed by atoms with van der Waals surface area (Å²) < 4.78 is 17.0. The molecule has 0 aliphatic rings. The van der Waals surface area contributed by atoms with Crippen LogP contribution in [0.2, 0.25) is 5.02 Å². The highest BCUT2D eigenvalue weighted by atomic mass is 35.5. The van der Waals surface area contributed by atoms with Crippen LogP contribution in [-0.2, 0) is 6.61 Å². The third-order valence-corrected chi connectivity index (χ3v) is 4.04. The standard InChI is InChI=1S/C19H18ClN3O3/c1-3-12(2)22-18-16(10-21)23-19(26-18)17-9-8-15(25-17)11-24-14-6-4-13(20)5-7-14/h4-9,12,22H,3,11H2,1-2H3. The maximum atomic E-state index is 9.23. The number of aromatic nitrogens is 1. The van der Waals surface area contributed by atoms with Crippen molar-refractivity contribution in [3.05, 3.63) is 52.9 Å². The van der Waals surface area contributed by atoms with Crippen molar-refractivity contribution in [3.63, 3.8) is 0 Å². The zero-order valence-electron chi connectivity index (χ0n) is 14.5. The molecule has 0 radical (unpaired) electrons. The van der Waals surface area contributed by atoms with Gasteiger partial charge in [0.15, 0.2) is 5.76 Å². The maximum absolute atomic E-state index is 9.23. The average molecular weight is 372 g/mol. The lowest BCUT2D eigenvalue weighted by molar-refractivity contribution is 0.271. The Morgan fingerprint density at radius 3 is 2.69 bits per heavy atom. The number of anilines is 1. The Morgan fingerprint density at radius 1 is 1.23 bits per heavy atom. The molecular weight excluding hydrogens is 354 g/mol. The molecule has 6 nitrogen and oxygen atoms in total. The van der Waals surface area contributed by atoms with Gasteiger partial charge in [-0.25, -0.2) is 0 Å². The molecule has 0 aliphatic carbocycles. The van der Waals surface area contributed by atoms with Crippen LogP contribution < -0.4 is 10.1 Å². The first-order valence-electron chi connectivity index (χ1n) is 8.24. The summed E-state index contributed by atoms with van der Waals surface area (Å²) in [5, 5.41) is 13.0. The summed E-state index contributed by atoms with van der Waals surface area (Å²) in [6, 6.07) is 12.8. The van der Waals surface area contributed by atoms with Crippen molar-refractivity contribution >= 4 is 17.5 Å². The first-order valence-corrected chi connectivity index (χ1v) is 8.61. The Morgan fingerprint density at radius 2 is 2.00 bits per heavy atom. The minimum atomic E-state index is 0.169. The SMILES string of the molecule is CCC(C)Nc1oc(-c2ccc(COc3ccc(Cl)cc3)o2)nc1C#N. The summed E-state index contributed by atoms with van der Waals surface area (Å²) >= 11 is 5.85. The number of benzene rings is 1. The van der Waals surface area contributed by atoms with E-state index < -0.39 is 0 Å². The molecule has 1 aromatic carbocycles. The van der Waals surface area contributed by atoms with Gasteiger partial charge in [0.05, 0.1) is 0 Å². The lowest BCUT2D eigenvalue weighted by Crippen LogP contribution is -2.13. The molecule has 2 heterocycles. The van der Waals surface area contributed by atoms with Gasteiger partial charge in [0.1, 0.15) is 24.2 Å². The molecule has 0 spiro atoms. The summed E-state index contributed by atoms with van der Waals surface area (Å²) in [7, 11) is 0. The fourth-order valence-electron chi connectivity index (χ4n) is 2.18. The summed E-state index contributed by atoms with van der Waals surface area (Å²) in [5.41, 5.74) is 0.204. The zero-order valence-corrected chi connectivity index (χ0v) is 15.2. The number of halogens is 1. The number of nitrogens with one attached hydrogen (secondary N) is 1. The largest absolute Gasteiger partial charge is 0.486 e. The van der Waals surface area contributed by atoms with Crippen molar-refractivity contribution in [2.75, 3.05) is 5.32 Å². The van der Waals surface area contributed by atoms with E-state index in [1.165, 1.54) is 0 Å². The van der Waals surface area contributed by atoms with E-state index in [4.69, 9.17) is 25.2 Å². The molecule has 134 valence electrons. The fourth-order valence-corrected chi connectivity index (χ4v) is 2.31. The van der Waals surface area contributed by atoms with Crippen LogP contribution in [0, 0.1) is 11.3 Å². The quantitative estimate of drug-likeness (QED) is 0.610. The van der Waals surface area contributed by atoms with Crippen molar-refractivity contribution in [1.29, 1.82) is 5.26 Å². The molecule has 1 unspecified atom stereocenters. The minimum Gasteiger partial charge on any atom is -0.486 e. The Balaban J connectivity index is 1.71. The highest BCUT2D eigenvalue weighted by Gasteiger charge is 2.18. The lowest BCUT2D eigenvalue weighted by atomic mass is 10.2. The molecule has 3 aromatic rings. The number of ether oxygens (including phenoxy) is 1. The van der Waals surface area contributed by atoms with Gasteiger partial charge in [-0.05, 0) is 49.7 Å². The van der Waals surface area contributed by atoms with Crippen LogP contribution in [0.4, 0.5) is 5.88 Å². The number of furan rings is 1. The van der Waals surface area contributed by atoms with Crippen molar-refractivity contribution < 1.29 is 13.6 Å². The molecule has 0 saturated carbocycles. The van der Waals surface area contributed by atoms with Gasteiger partial charge in [-0.15, -0.1) is 0 Å². The molecule has 1 atom stereocenters. The van der Waals surface area contributed by atoms with E-state index >= 15 is 0 Å². The van der Waals surface area contributed by atoms with E-state index in [2.05, 4.69) is 10.3 Å². The van der Waals surface area contributed by atoms with Crippen molar-refractivity contribution in [2.24, 2.45) is 0 Å². The predicted octanol–water partition coefficient (Wildman–Crippen LogP) is 5.25. The molecule has 0 aliphatic heterocycles. The molecule has 3 rings (SSSR count). The summed E-state index contributed by atoms with van der Waals surface area (Å²) in [5.74, 6) is 2.35. The van der Waals surface area contributed by atoms with Crippen LogP contribution in [0.3, 0.4) is 0 Å². The first kappa shape index (κ1) is 17.9. The lowest BCUT2D eigenvalue weighted by Gasteiger charge is -2.08. The average Bonchev–Trinajstić information content (AvgIpc) is 3.27. The molecule has 0 saturated heterocycles. The van der Waals surface area contributed by atoms with Gasteiger partial charge in [-0.2, -0.15) is 10.2 Å². The maximum Gasteiger partial charge on any atom is 0.266 e. The van der Waals surface area contributed by atoms with Gasteiger partial charge < -0.3 is 18.9 Å². The van der Waals surface area contributed by atoms with Crippen LogP contribution in [0.5, 0.6) is 5.75 Å². The minimum absolute atomic E-state index is 0.169. The van der Waals surface area contributed by atoms with Gasteiger partial charge in [0.2, 0.25) is 11.6 Å². The van der Waals surface area contributed by atoms with Crippen LogP contribution >= 0.6 is 11.6 Å². The van der Waals surface area contributed by atoms with Crippen LogP contribution in [0.15, 0.2) is 45.2 Å². The van der Waals surface area contributed by atoms with E-state index in [9.17, 15) is 5.26 Å². The second-order valence-corrected chi connectivity index (χ2v) is 6.21. The van der Waals surface area contributed by atoms with E-state index in [1.54, 1.807) is 36.4 Å². The summed E-state index contributed by atoms with van der Waals surface area (Å²) in [4.78, 5) is 4.19. The normalized spacial score (nSPS) is 11.8.